The molecule has 0 N–H and O–H groups in total. The first kappa shape index (κ1) is 40.8. The number of allylic oxidation sites excluding steroid dienone is 1. The molecule has 1 fully saturated rings. The summed E-state index contributed by atoms with van der Waals surface area (Å²) in [4.78, 5) is 2.52. The topological polar surface area (TPSA) is 3.24 Å². The minimum Gasteiger partial charge on any atom is -0.369 e. The molecule has 1 aliphatic heterocycles. The summed E-state index contributed by atoms with van der Waals surface area (Å²) in [5.74, 6) is 0.884. The van der Waals surface area contributed by atoms with Gasteiger partial charge in [0, 0.05) is 18.3 Å². The summed E-state index contributed by atoms with van der Waals surface area (Å²) in [6.45, 7) is 28.7. The van der Waals surface area contributed by atoms with Crippen LogP contribution in [-0.2, 0) is 0 Å². The third kappa shape index (κ3) is 24.1. The van der Waals surface area contributed by atoms with E-state index in [-0.39, 0.29) is 0 Å². The van der Waals surface area contributed by atoms with Crippen LogP contribution in [0.15, 0.2) is 79.4 Å². The van der Waals surface area contributed by atoms with Crippen molar-refractivity contribution >= 4 is 5.70 Å². The summed E-state index contributed by atoms with van der Waals surface area (Å²) >= 11 is 0. The van der Waals surface area contributed by atoms with Crippen molar-refractivity contribution in [3.63, 3.8) is 0 Å². The molecular formula is C38H63N. The second-order valence-corrected chi connectivity index (χ2v) is 10.1. The van der Waals surface area contributed by atoms with E-state index in [1.165, 1.54) is 67.3 Å². The quantitative estimate of drug-likeness (QED) is 0.253. The van der Waals surface area contributed by atoms with Crippen molar-refractivity contribution in [1.29, 1.82) is 0 Å². The number of aryl methyl sites for hydroxylation is 1. The Labute approximate surface area is 245 Å². The van der Waals surface area contributed by atoms with E-state index in [1.54, 1.807) is 0 Å². The van der Waals surface area contributed by atoms with Crippen molar-refractivity contribution in [3.8, 4) is 12.8 Å². The summed E-state index contributed by atoms with van der Waals surface area (Å²) in [5.41, 5.74) is 5.05. The molecule has 0 unspecified atom stereocenters. The lowest BCUT2D eigenvalue weighted by molar-refractivity contribution is 0.217. The van der Waals surface area contributed by atoms with Gasteiger partial charge in [-0.25, -0.2) is 0 Å². The molecule has 0 saturated carbocycles. The molecule has 220 valence electrons. The van der Waals surface area contributed by atoms with Crippen LogP contribution in [0.25, 0.3) is 5.70 Å². The number of unbranched alkanes of at least 4 members (excludes halogenated alkanes) is 1. The van der Waals surface area contributed by atoms with Gasteiger partial charge in [-0.1, -0.05) is 146 Å². The fourth-order valence-electron chi connectivity index (χ4n) is 3.40. The largest absolute Gasteiger partial charge is 0.369 e. The maximum Gasteiger partial charge on any atom is 0.0369 e. The van der Waals surface area contributed by atoms with Gasteiger partial charge in [0.2, 0.25) is 0 Å². The number of rotatable bonds is 7. The van der Waals surface area contributed by atoms with Crippen LogP contribution >= 0.6 is 0 Å². The van der Waals surface area contributed by atoms with E-state index >= 15 is 0 Å². The molecule has 1 nitrogen and oxygen atoms in total. The number of terminal acetylenes is 1. The van der Waals surface area contributed by atoms with Gasteiger partial charge in [-0.2, -0.15) is 0 Å². The van der Waals surface area contributed by atoms with Crippen molar-refractivity contribution in [3.05, 3.63) is 90.5 Å². The highest BCUT2D eigenvalue weighted by molar-refractivity contribution is 5.62. The van der Waals surface area contributed by atoms with Crippen LogP contribution in [-0.4, -0.2) is 17.5 Å². The Kier molecular flexibility index (Phi) is 31.2. The molecule has 2 aromatic rings. The van der Waals surface area contributed by atoms with Crippen LogP contribution in [0.5, 0.6) is 0 Å². The monoisotopic (exact) mass is 533 g/mol. The highest BCUT2D eigenvalue weighted by atomic mass is 15.2. The van der Waals surface area contributed by atoms with Crippen molar-refractivity contribution in [1.82, 2.24) is 4.90 Å². The van der Waals surface area contributed by atoms with Gasteiger partial charge in [0.15, 0.2) is 0 Å². The standard InChI is InChI=1S/C18H25N.C7H8.C5H12.C4H10.C2H6.C2H2/c1-15(2)12-13-18-11-7-8-14-19(18)16(3)17-9-5-4-6-10-17;1-7-5-3-2-4-6-7;1-4-5(2)3;1-3-4-2;2*1-2/h4-6,9-10,18H,1,3,7-8,11-14H2,2H3;2-6H,1H3;5H,4H2,1-3H3;3-4H2,1-2H3;1-2H3;1-2H/t18-;;;;;/m1...../s1. The maximum atomic E-state index is 4.33. The minimum atomic E-state index is 0.637. The van der Waals surface area contributed by atoms with Crippen molar-refractivity contribution in [2.45, 2.75) is 120 Å². The lowest BCUT2D eigenvalue weighted by atomic mass is 9.95. The summed E-state index contributed by atoms with van der Waals surface area (Å²) in [7, 11) is 0. The normalized spacial score (nSPS) is 13.1. The third-order valence-electron chi connectivity index (χ3n) is 6.24. The molecule has 0 aliphatic carbocycles. The summed E-state index contributed by atoms with van der Waals surface area (Å²) in [6.07, 6.45) is 18.2. The Morgan fingerprint density at radius 3 is 1.69 bits per heavy atom. The van der Waals surface area contributed by atoms with Gasteiger partial charge in [-0.3, -0.25) is 0 Å². The third-order valence-corrected chi connectivity index (χ3v) is 6.24. The van der Waals surface area contributed by atoms with Gasteiger partial charge < -0.3 is 4.90 Å². The predicted octanol–water partition coefficient (Wildman–Crippen LogP) is 12.0. The van der Waals surface area contributed by atoms with Crippen LogP contribution in [0, 0.1) is 25.7 Å². The highest BCUT2D eigenvalue weighted by Gasteiger charge is 2.23. The highest BCUT2D eigenvalue weighted by Crippen LogP contribution is 2.29. The number of hydrogen-bond acceptors (Lipinski definition) is 1. The van der Waals surface area contributed by atoms with E-state index in [1.807, 2.05) is 32.0 Å². The number of likely N-dealkylation sites (tertiary alicyclic amines) is 1. The Bertz CT molecular complexity index is 798. The number of benzene rings is 2. The average Bonchev–Trinajstić information content (AvgIpc) is 2.99. The molecule has 1 atom stereocenters. The minimum absolute atomic E-state index is 0.637. The molecule has 1 aliphatic rings. The van der Waals surface area contributed by atoms with Gasteiger partial charge >= 0.3 is 0 Å². The summed E-state index contributed by atoms with van der Waals surface area (Å²) in [6, 6.07) is 21.5. The van der Waals surface area contributed by atoms with Crippen LogP contribution < -0.4 is 0 Å². The van der Waals surface area contributed by atoms with E-state index in [4.69, 9.17) is 0 Å². The zero-order valence-corrected chi connectivity index (χ0v) is 27.3. The molecule has 3 rings (SSSR count). The maximum absolute atomic E-state index is 4.33. The van der Waals surface area contributed by atoms with E-state index < -0.39 is 0 Å². The predicted molar refractivity (Wildman–Crippen MR) is 182 cm³/mol. The Morgan fingerprint density at radius 1 is 0.872 bits per heavy atom. The molecule has 39 heavy (non-hydrogen) atoms. The zero-order chi connectivity index (χ0) is 30.5. The molecule has 0 bridgehead atoms. The lowest BCUT2D eigenvalue weighted by Gasteiger charge is -2.39. The van der Waals surface area contributed by atoms with Crippen LogP contribution in [0.2, 0.25) is 0 Å². The van der Waals surface area contributed by atoms with Crippen molar-refractivity contribution < 1.29 is 0 Å². The molecule has 2 aromatic carbocycles. The molecule has 1 heteroatoms. The first-order valence-electron chi connectivity index (χ1n) is 15.3. The van der Waals surface area contributed by atoms with Gasteiger partial charge in [-0.15, -0.1) is 19.4 Å². The van der Waals surface area contributed by atoms with E-state index in [0.29, 0.717) is 6.04 Å². The average molecular weight is 534 g/mol. The summed E-state index contributed by atoms with van der Waals surface area (Å²) < 4.78 is 0. The lowest BCUT2D eigenvalue weighted by Crippen LogP contribution is -2.37. The number of nitrogens with zero attached hydrogens (tertiary/aromatic N) is 1. The molecule has 0 spiro atoms. The van der Waals surface area contributed by atoms with Crippen LogP contribution in [0.3, 0.4) is 0 Å². The Balaban J connectivity index is -0.000000531. The Morgan fingerprint density at radius 2 is 1.33 bits per heavy atom. The molecular weight excluding hydrogens is 470 g/mol. The van der Waals surface area contributed by atoms with E-state index in [9.17, 15) is 0 Å². The fourth-order valence-corrected chi connectivity index (χ4v) is 3.40. The molecule has 1 saturated heterocycles. The molecule has 0 radical (unpaired) electrons. The first-order valence-corrected chi connectivity index (χ1v) is 15.3. The van der Waals surface area contributed by atoms with E-state index in [0.717, 1.165) is 18.9 Å². The second-order valence-electron chi connectivity index (χ2n) is 10.1. The van der Waals surface area contributed by atoms with Gasteiger partial charge in [0.1, 0.15) is 0 Å². The number of hydrogen-bond donors (Lipinski definition) is 0. The van der Waals surface area contributed by atoms with Crippen LogP contribution in [0.1, 0.15) is 118 Å². The van der Waals surface area contributed by atoms with E-state index in [2.05, 4.69) is 122 Å². The van der Waals surface area contributed by atoms with Crippen molar-refractivity contribution in [2.75, 3.05) is 6.54 Å². The SMILES string of the molecule is C#C.C=C(C)CC[C@H]1CCCCN1C(=C)c1ccccc1.CC.CCC(C)C.CCCC.Cc1ccccc1. The smallest absolute Gasteiger partial charge is 0.0369 e. The zero-order valence-electron chi connectivity index (χ0n) is 27.3. The summed E-state index contributed by atoms with van der Waals surface area (Å²) in [5, 5.41) is 0. The second kappa shape index (κ2) is 29.8. The van der Waals surface area contributed by atoms with Gasteiger partial charge in [-0.05, 0) is 57.4 Å². The molecule has 0 amide bonds. The van der Waals surface area contributed by atoms with Gasteiger partial charge in [0.05, 0.1) is 0 Å². The number of piperidine rings is 1. The van der Waals surface area contributed by atoms with Crippen LogP contribution in [0.4, 0.5) is 0 Å². The van der Waals surface area contributed by atoms with Crippen molar-refractivity contribution in [2.24, 2.45) is 5.92 Å². The molecule has 0 aromatic heterocycles. The Hall–Kier alpha value is -2.72. The molecule has 1 heterocycles. The van der Waals surface area contributed by atoms with Gasteiger partial charge in [0.25, 0.3) is 0 Å². The fraction of sp³-hybridized carbons (Fsp3) is 0.526. The first-order chi connectivity index (χ1) is 18.8.